The third-order valence-electron chi connectivity index (χ3n) is 3.95. The Labute approximate surface area is 174 Å². The fourth-order valence-electron chi connectivity index (χ4n) is 2.54. The van der Waals surface area contributed by atoms with Crippen molar-refractivity contribution in [3.8, 4) is 5.75 Å². The molecule has 0 bridgehead atoms. The van der Waals surface area contributed by atoms with E-state index >= 15 is 0 Å². The quantitative estimate of drug-likeness (QED) is 0.609. The van der Waals surface area contributed by atoms with Gasteiger partial charge in [0.2, 0.25) is 0 Å². The van der Waals surface area contributed by atoms with Gasteiger partial charge >= 0.3 is 0 Å². The second kappa shape index (κ2) is 10.3. The van der Waals surface area contributed by atoms with E-state index in [1.807, 2.05) is 49.4 Å². The highest BCUT2D eigenvalue weighted by atomic mass is 79.9. The Hall–Kier alpha value is -2.12. The number of carbonyl (C=O) groups is 1. The van der Waals surface area contributed by atoms with Crippen molar-refractivity contribution in [1.82, 2.24) is 5.32 Å². The maximum atomic E-state index is 12.0. The lowest BCUT2D eigenvalue weighted by Crippen LogP contribution is -2.37. The van der Waals surface area contributed by atoms with Gasteiger partial charge in [-0.05, 0) is 90.9 Å². The molecule has 7 heteroatoms. The molecule has 5 nitrogen and oxygen atoms in total. The van der Waals surface area contributed by atoms with Gasteiger partial charge in [0.1, 0.15) is 5.75 Å². The second-order valence-electron chi connectivity index (χ2n) is 5.94. The van der Waals surface area contributed by atoms with Gasteiger partial charge in [0.05, 0.1) is 4.47 Å². The minimum Gasteiger partial charge on any atom is -0.483 e. The molecule has 0 atom stereocenters. The summed E-state index contributed by atoms with van der Waals surface area (Å²) in [5, 5.41) is 5.87. The van der Waals surface area contributed by atoms with Crippen molar-refractivity contribution in [2.24, 2.45) is 0 Å². The Morgan fingerprint density at radius 3 is 2.41 bits per heavy atom. The predicted octanol–water partition coefficient (Wildman–Crippen LogP) is 4.50. The smallest absolute Gasteiger partial charge is 0.264 e. The van der Waals surface area contributed by atoms with E-state index < -0.39 is 0 Å². The third kappa shape index (κ3) is 6.52. The predicted molar refractivity (Wildman–Crippen MR) is 119 cm³/mol. The monoisotopic (exact) mass is 449 g/mol. The van der Waals surface area contributed by atoms with Crippen LogP contribution < -0.4 is 20.3 Å². The average Bonchev–Trinajstić information content (AvgIpc) is 2.63. The van der Waals surface area contributed by atoms with Crippen molar-refractivity contribution < 1.29 is 9.53 Å². The lowest BCUT2D eigenvalue weighted by Gasteiger charge is -2.21. The van der Waals surface area contributed by atoms with Crippen LogP contribution in [0.5, 0.6) is 5.75 Å². The van der Waals surface area contributed by atoms with Gasteiger partial charge in [-0.3, -0.25) is 10.1 Å². The molecule has 0 fully saturated rings. The van der Waals surface area contributed by atoms with E-state index in [1.165, 1.54) is 0 Å². The number of nitrogens with zero attached hydrogens (tertiary/aromatic N) is 1. The molecule has 0 radical (unpaired) electrons. The fourth-order valence-corrected chi connectivity index (χ4v) is 3.38. The number of ether oxygens (including phenoxy) is 1. The number of benzene rings is 2. The molecule has 0 aliphatic rings. The number of hydrogen-bond donors (Lipinski definition) is 2. The number of hydrogen-bond acceptors (Lipinski definition) is 4. The molecule has 27 heavy (non-hydrogen) atoms. The molecule has 2 rings (SSSR count). The molecule has 0 aliphatic carbocycles. The summed E-state index contributed by atoms with van der Waals surface area (Å²) in [6, 6.07) is 13.6. The minimum absolute atomic E-state index is 0.121. The van der Waals surface area contributed by atoms with E-state index in [2.05, 4.69) is 45.3 Å². The number of carbonyl (C=O) groups excluding carboxylic acids is 1. The number of anilines is 2. The highest BCUT2D eigenvalue weighted by Crippen LogP contribution is 2.25. The second-order valence-corrected chi connectivity index (χ2v) is 7.21. The number of thiocarbonyl (C=S) groups is 1. The molecule has 144 valence electrons. The normalized spacial score (nSPS) is 10.2. The van der Waals surface area contributed by atoms with Gasteiger partial charge in [-0.25, -0.2) is 0 Å². The molecule has 0 aromatic heterocycles. The Bertz CT molecular complexity index is 792. The van der Waals surface area contributed by atoms with Gasteiger partial charge < -0.3 is 15.0 Å². The first-order chi connectivity index (χ1) is 12.9. The lowest BCUT2D eigenvalue weighted by atomic mass is 10.2. The molecular formula is C20H24BrN3O2S. The van der Waals surface area contributed by atoms with Crippen molar-refractivity contribution in [2.45, 2.75) is 20.8 Å². The number of amides is 1. The van der Waals surface area contributed by atoms with Gasteiger partial charge in [-0.15, -0.1) is 0 Å². The Morgan fingerprint density at radius 2 is 1.81 bits per heavy atom. The molecule has 0 saturated carbocycles. The zero-order chi connectivity index (χ0) is 19.8. The summed E-state index contributed by atoms with van der Waals surface area (Å²) in [4.78, 5) is 14.3. The summed E-state index contributed by atoms with van der Waals surface area (Å²) in [6.07, 6.45) is 0. The number of nitrogens with one attached hydrogen (secondary N) is 2. The van der Waals surface area contributed by atoms with Crippen LogP contribution in [0.1, 0.15) is 19.4 Å². The highest BCUT2D eigenvalue weighted by molar-refractivity contribution is 9.10. The van der Waals surface area contributed by atoms with Crippen molar-refractivity contribution >= 4 is 50.5 Å². The molecule has 0 aliphatic heterocycles. The van der Waals surface area contributed by atoms with Crippen molar-refractivity contribution in [2.75, 3.05) is 29.9 Å². The Morgan fingerprint density at radius 1 is 1.15 bits per heavy atom. The summed E-state index contributed by atoms with van der Waals surface area (Å²) in [7, 11) is 0. The standard InChI is InChI=1S/C20H24BrN3O2S/c1-4-24(5-2)16-9-7-15(8-10-16)22-20(27)23-19(25)13-26-18-11-6-14(3)12-17(18)21/h6-12H,4-5,13H2,1-3H3,(H2,22,23,25,27). The molecule has 2 N–H and O–H groups in total. The van der Waals surface area contributed by atoms with Crippen LogP contribution in [0.3, 0.4) is 0 Å². The average molecular weight is 450 g/mol. The molecular weight excluding hydrogens is 426 g/mol. The zero-order valence-corrected chi connectivity index (χ0v) is 18.1. The maximum Gasteiger partial charge on any atom is 0.264 e. The zero-order valence-electron chi connectivity index (χ0n) is 15.7. The molecule has 0 saturated heterocycles. The molecule has 0 spiro atoms. The van der Waals surface area contributed by atoms with Gasteiger partial charge in [0.25, 0.3) is 5.91 Å². The topological polar surface area (TPSA) is 53.6 Å². The Kier molecular flexibility index (Phi) is 8.06. The first kappa shape index (κ1) is 21.2. The van der Waals surface area contributed by atoms with E-state index in [1.54, 1.807) is 0 Å². The van der Waals surface area contributed by atoms with Gasteiger partial charge in [0, 0.05) is 24.5 Å². The number of halogens is 1. The van der Waals surface area contributed by atoms with E-state index in [0.29, 0.717) is 5.75 Å². The van der Waals surface area contributed by atoms with E-state index in [4.69, 9.17) is 17.0 Å². The van der Waals surface area contributed by atoms with Crippen molar-refractivity contribution in [3.63, 3.8) is 0 Å². The van der Waals surface area contributed by atoms with Gasteiger partial charge in [-0.1, -0.05) is 6.07 Å². The van der Waals surface area contributed by atoms with Crippen LogP contribution in [0.25, 0.3) is 0 Å². The Balaban J connectivity index is 1.83. The molecule has 2 aromatic carbocycles. The minimum atomic E-state index is -0.320. The molecule has 0 unspecified atom stereocenters. The summed E-state index contributed by atoms with van der Waals surface area (Å²) in [6.45, 7) is 8.02. The van der Waals surface area contributed by atoms with E-state index in [9.17, 15) is 4.79 Å². The van der Waals surface area contributed by atoms with Crippen molar-refractivity contribution in [1.29, 1.82) is 0 Å². The largest absolute Gasteiger partial charge is 0.483 e. The van der Waals surface area contributed by atoms with Crippen LogP contribution >= 0.6 is 28.1 Å². The lowest BCUT2D eigenvalue weighted by molar-refractivity contribution is -0.121. The molecule has 1 amide bonds. The van der Waals surface area contributed by atoms with E-state index in [0.717, 1.165) is 34.5 Å². The maximum absolute atomic E-state index is 12.0. The summed E-state index contributed by atoms with van der Waals surface area (Å²) >= 11 is 8.62. The van der Waals surface area contributed by atoms with Crippen LogP contribution in [-0.2, 0) is 4.79 Å². The molecule has 0 heterocycles. The van der Waals surface area contributed by atoms with E-state index in [-0.39, 0.29) is 17.6 Å². The molecule has 2 aromatic rings. The SMILES string of the molecule is CCN(CC)c1ccc(NC(=S)NC(=O)COc2ccc(C)cc2Br)cc1. The van der Waals surface area contributed by atoms with Crippen LogP contribution in [-0.4, -0.2) is 30.7 Å². The van der Waals surface area contributed by atoms with Crippen molar-refractivity contribution in [3.05, 3.63) is 52.5 Å². The van der Waals surface area contributed by atoms with Crippen LogP contribution in [0.15, 0.2) is 46.9 Å². The van der Waals surface area contributed by atoms with Gasteiger partial charge in [-0.2, -0.15) is 0 Å². The fraction of sp³-hybridized carbons (Fsp3) is 0.300. The van der Waals surface area contributed by atoms with Crippen LogP contribution in [0.4, 0.5) is 11.4 Å². The summed E-state index contributed by atoms with van der Waals surface area (Å²) < 4.78 is 6.33. The summed E-state index contributed by atoms with van der Waals surface area (Å²) in [5.74, 6) is 0.293. The van der Waals surface area contributed by atoms with Gasteiger partial charge in [0.15, 0.2) is 11.7 Å². The first-order valence-corrected chi connectivity index (χ1v) is 9.97. The third-order valence-corrected chi connectivity index (χ3v) is 4.78. The number of aryl methyl sites for hydroxylation is 1. The van der Waals surface area contributed by atoms with Crippen LogP contribution in [0, 0.1) is 6.92 Å². The summed E-state index contributed by atoms with van der Waals surface area (Å²) in [5.41, 5.74) is 3.08. The number of rotatable bonds is 7. The first-order valence-electron chi connectivity index (χ1n) is 8.77. The highest BCUT2D eigenvalue weighted by Gasteiger charge is 2.08. The van der Waals surface area contributed by atoms with Crippen LogP contribution in [0.2, 0.25) is 0 Å².